The summed E-state index contributed by atoms with van der Waals surface area (Å²) in [5.74, 6) is -3.23. The number of nitrogens with zero attached hydrogens (tertiary/aromatic N) is 1. The molecule has 0 saturated heterocycles. The lowest BCUT2D eigenvalue weighted by molar-refractivity contribution is -0.151. The number of hydrogen-bond acceptors (Lipinski definition) is 4. The van der Waals surface area contributed by atoms with Gasteiger partial charge in [-0.1, -0.05) is 30.3 Å². The molecule has 0 aromatic heterocycles. The van der Waals surface area contributed by atoms with Crippen molar-refractivity contribution in [2.24, 2.45) is 0 Å². The smallest absolute Gasteiger partial charge is 0.372 e. The van der Waals surface area contributed by atoms with E-state index in [4.69, 9.17) is 9.84 Å². The standard InChI is InChI=1S/C19H18FNO5/c20-15-8-6-14(7-9-15)13-21(18(23)12-17(22)19(24)25)10-11-26-16-4-2-1-3-5-16/h1-9H,10-13H2,(H,24,25). The van der Waals surface area contributed by atoms with E-state index in [1.54, 1.807) is 12.1 Å². The van der Waals surface area contributed by atoms with Crippen molar-refractivity contribution in [1.82, 2.24) is 4.90 Å². The molecule has 0 spiro atoms. The molecule has 0 radical (unpaired) electrons. The van der Waals surface area contributed by atoms with Gasteiger partial charge in [-0.25, -0.2) is 9.18 Å². The predicted molar refractivity (Wildman–Crippen MR) is 91.0 cm³/mol. The zero-order valence-electron chi connectivity index (χ0n) is 13.9. The van der Waals surface area contributed by atoms with Gasteiger partial charge in [-0.3, -0.25) is 9.59 Å². The first kappa shape index (κ1) is 19.1. The molecule has 2 rings (SSSR count). The highest BCUT2D eigenvalue weighted by atomic mass is 19.1. The van der Waals surface area contributed by atoms with Gasteiger partial charge in [0.1, 0.15) is 18.2 Å². The summed E-state index contributed by atoms with van der Waals surface area (Å²) in [6, 6.07) is 14.6. The number of hydrogen-bond donors (Lipinski definition) is 1. The van der Waals surface area contributed by atoms with Crippen LogP contribution in [0.2, 0.25) is 0 Å². The maximum Gasteiger partial charge on any atom is 0.372 e. The van der Waals surface area contributed by atoms with Crippen LogP contribution in [0.5, 0.6) is 5.75 Å². The van der Waals surface area contributed by atoms with Gasteiger partial charge in [0, 0.05) is 6.54 Å². The highest BCUT2D eigenvalue weighted by Gasteiger charge is 2.21. The number of Topliss-reactive ketones (excluding diaryl/α,β-unsaturated/α-hetero) is 1. The number of rotatable bonds is 9. The maximum absolute atomic E-state index is 13.0. The number of carboxylic acid groups (broad SMARTS) is 1. The molecule has 136 valence electrons. The van der Waals surface area contributed by atoms with Gasteiger partial charge in [-0.2, -0.15) is 0 Å². The fourth-order valence-corrected chi connectivity index (χ4v) is 2.22. The topological polar surface area (TPSA) is 83.9 Å². The molecule has 0 unspecified atom stereocenters. The number of ketones is 1. The van der Waals surface area contributed by atoms with Crippen LogP contribution in [0.1, 0.15) is 12.0 Å². The Morgan fingerprint density at radius 1 is 1.00 bits per heavy atom. The highest BCUT2D eigenvalue weighted by Crippen LogP contribution is 2.11. The molecule has 0 saturated carbocycles. The average molecular weight is 359 g/mol. The summed E-state index contributed by atoms with van der Waals surface area (Å²) in [5.41, 5.74) is 0.655. The molecule has 6 nitrogen and oxygen atoms in total. The van der Waals surface area contributed by atoms with Crippen molar-refractivity contribution >= 4 is 17.7 Å². The predicted octanol–water partition coefficient (Wildman–Crippen LogP) is 2.28. The van der Waals surface area contributed by atoms with Crippen LogP contribution in [0, 0.1) is 5.82 Å². The number of carbonyl (C=O) groups is 3. The molecular weight excluding hydrogens is 341 g/mol. The summed E-state index contributed by atoms with van der Waals surface area (Å²) in [4.78, 5) is 35.6. The fraction of sp³-hybridized carbons (Fsp3) is 0.211. The molecule has 0 aliphatic heterocycles. The van der Waals surface area contributed by atoms with Gasteiger partial charge in [0.25, 0.3) is 0 Å². The molecule has 1 amide bonds. The van der Waals surface area contributed by atoms with Crippen molar-refractivity contribution in [3.8, 4) is 5.75 Å². The van der Waals surface area contributed by atoms with E-state index in [1.807, 2.05) is 18.2 Å². The molecule has 2 aromatic carbocycles. The Labute approximate surface area is 149 Å². The Morgan fingerprint density at radius 3 is 2.27 bits per heavy atom. The zero-order chi connectivity index (χ0) is 18.9. The van der Waals surface area contributed by atoms with Gasteiger partial charge in [-0.05, 0) is 29.8 Å². The van der Waals surface area contributed by atoms with Crippen LogP contribution in [0.15, 0.2) is 54.6 Å². The van der Waals surface area contributed by atoms with Crippen LogP contribution >= 0.6 is 0 Å². The third-order valence-electron chi connectivity index (χ3n) is 3.56. The van der Waals surface area contributed by atoms with Crippen LogP contribution in [0.3, 0.4) is 0 Å². The van der Waals surface area contributed by atoms with Crippen LogP contribution < -0.4 is 4.74 Å². The largest absolute Gasteiger partial charge is 0.492 e. The lowest BCUT2D eigenvalue weighted by Crippen LogP contribution is -2.36. The van der Waals surface area contributed by atoms with Gasteiger partial charge in [-0.15, -0.1) is 0 Å². The fourth-order valence-electron chi connectivity index (χ4n) is 2.22. The first-order valence-corrected chi connectivity index (χ1v) is 7.92. The summed E-state index contributed by atoms with van der Waals surface area (Å²) in [7, 11) is 0. The zero-order valence-corrected chi connectivity index (χ0v) is 13.9. The van der Waals surface area contributed by atoms with E-state index in [1.165, 1.54) is 29.2 Å². The van der Waals surface area contributed by atoms with Crippen LogP contribution in [0.25, 0.3) is 0 Å². The third kappa shape index (κ3) is 6.01. The SMILES string of the molecule is O=C(O)C(=O)CC(=O)N(CCOc1ccccc1)Cc1ccc(F)cc1. The number of benzene rings is 2. The first-order chi connectivity index (χ1) is 12.5. The van der Waals surface area contributed by atoms with Crippen LogP contribution in [-0.2, 0) is 20.9 Å². The molecule has 0 heterocycles. The number of carboxylic acids is 1. The Balaban J connectivity index is 2.01. The quantitative estimate of drug-likeness (QED) is 0.548. The minimum Gasteiger partial charge on any atom is -0.492 e. The van der Waals surface area contributed by atoms with Crippen molar-refractivity contribution in [3.63, 3.8) is 0 Å². The van der Waals surface area contributed by atoms with Crippen molar-refractivity contribution < 1.29 is 28.6 Å². The van der Waals surface area contributed by atoms with E-state index in [2.05, 4.69) is 0 Å². The second-order valence-corrected chi connectivity index (χ2v) is 5.51. The van der Waals surface area contributed by atoms with E-state index in [9.17, 15) is 18.8 Å². The lowest BCUT2D eigenvalue weighted by atomic mass is 10.2. The Morgan fingerprint density at radius 2 is 1.65 bits per heavy atom. The lowest BCUT2D eigenvalue weighted by Gasteiger charge is -2.22. The van der Waals surface area contributed by atoms with Crippen molar-refractivity contribution in [3.05, 3.63) is 66.0 Å². The van der Waals surface area contributed by atoms with E-state index >= 15 is 0 Å². The van der Waals surface area contributed by atoms with E-state index in [0.717, 1.165) is 0 Å². The van der Waals surface area contributed by atoms with Gasteiger partial charge < -0.3 is 14.7 Å². The Kier molecular flexibility index (Phi) is 6.84. The van der Waals surface area contributed by atoms with Crippen molar-refractivity contribution in [1.29, 1.82) is 0 Å². The summed E-state index contributed by atoms with van der Waals surface area (Å²) in [6.45, 7) is 0.431. The number of ether oxygens (including phenoxy) is 1. The minimum atomic E-state index is -1.65. The maximum atomic E-state index is 13.0. The second-order valence-electron chi connectivity index (χ2n) is 5.51. The molecular formula is C19H18FNO5. The summed E-state index contributed by atoms with van der Waals surface area (Å²) in [5, 5.41) is 8.67. The molecule has 26 heavy (non-hydrogen) atoms. The van der Waals surface area contributed by atoms with E-state index in [0.29, 0.717) is 11.3 Å². The first-order valence-electron chi connectivity index (χ1n) is 7.92. The highest BCUT2D eigenvalue weighted by molar-refractivity contribution is 6.36. The normalized spacial score (nSPS) is 10.2. The van der Waals surface area contributed by atoms with Gasteiger partial charge in [0.15, 0.2) is 0 Å². The second kappa shape index (κ2) is 9.31. The molecule has 0 fully saturated rings. The molecule has 1 N–H and O–H groups in total. The van der Waals surface area contributed by atoms with Gasteiger partial charge >= 0.3 is 5.97 Å². The molecule has 0 atom stereocenters. The van der Waals surface area contributed by atoms with E-state index < -0.39 is 29.9 Å². The molecule has 0 aliphatic rings. The van der Waals surface area contributed by atoms with E-state index in [-0.39, 0.29) is 19.7 Å². The molecule has 2 aromatic rings. The van der Waals surface area contributed by atoms with Crippen molar-refractivity contribution in [2.45, 2.75) is 13.0 Å². The van der Waals surface area contributed by atoms with Crippen LogP contribution in [-0.4, -0.2) is 40.8 Å². The van der Waals surface area contributed by atoms with Crippen LogP contribution in [0.4, 0.5) is 4.39 Å². The number of carbonyl (C=O) groups excluding carboxylic acids is 2. The minimum absolute atomic E-state index is 0.115. The average Bonchev–Trinajstić information content (AvgIpc) is 2.63. The third-order valence-corrected chi connectivity index (χ3v) is 3.56. The van der Waals surface area contributed by atoms with Crippen molar-refractivity contribution in [2.75, 3.05) is 13.2 Å². The number of para-hydroxylation sites is 1. The summed E-state index contributed by atoms with van der Waals surface area (Å²) < 4.78 is 18.6. The Hall–Kier alpha value is -3.22. The number of aliphatic carboxylic acids is 1. The summed E-state index contributed by atoms with van der Waals surface area (Å²) in [6.07, 6.45) is -0.734. The Bertz CT molecular complexity index is 761. The van der Waals surface area contributed by atoms with Gasteiger partial charge in [0.2, 0.25) is 11.7 Å². The molecule has 7 heteroatoms. The van der Waals surface area contributed by atoms with Gasteiger partial charge in [0.05, 0.1) is 13.0 Å². The number of halogens is 1. The molecule has 0 bridgehead atoms. The monoisotopic (exact) mass is 359 g/mol. The molecule has 0 aliphatic carbocycles. The number of amides is 1. The summed E-state index contributed by atoms with van der Waals surface area (Å²) >= 11 is 0.